The Morgan fingerprint density at radius 3 is 2.62 bits per heavy atom. The van der Waals surface area contributed by atoms with Crippen LogP contribution in [0.25, 0.3) is 11.5 Å². The highest BCUT2D eigenvalue weighted by Crippen LogP contribution is 2.16. The monoisotopic (exact) mass is 327 g/mol. The van der Waals surface area contributed by atoms with E-state index in [1.807, 2.05) is 42.5 Å². The number of hydrogen-bond donors (Lipinski definition) is 1. The lowest BCUT2D eigenvalue weighted by Crippen LogP contribution is -2.12. The highest BCUT2D eigenvalue weighted by molar-refractivity contribution is 14.1. The lowest BCUT2D eigenvalue weighted by molar-refractivity contribution is 1.07. The molecule has 0 aliphatic carbocycles. The van der Waals surface area contributed by atoms with Crippen molar-refractivity contribution in [2.75, 3.05) is 0 Å². The van der Waals surface area contributed by atoms with Gasteiger partial charge in [-0.25, -0.2) is 4.98 Å². The van der Waals surface area contributed by atoms with Crippen LogP contribution < -0.4 is 5.56 Å². The quantitative estimate of drug-likeness (QED) is 0.816. The van der Waals surface area contributed by atoms with Crippen LogP contribution >= 0.6 is 22.6 Å². The summed E-state index contributed by atoms with van der Waals surface area (Å²) in [6, 6.07) is 2.01. The van der Waals surface area contributed by atoms with Crippen LogP contribution in [0.5, 0.6) is 0 Å². The third-order valence-corrected chi connectivity index (χ3v) is 2.96. The molecule has 2 aromatic heterocycles. The Morgan fingerprint density at radius 2 is 2.00 bits per heavy atom. The van der Waals surface area contributed by atoms with Gasteiger partial charge in [0.25, 0.3) is 5.56 Å². The maximum absolute atomic E-state index is 11.5. The molecule has 0 saturated carbocycles. The smallest absolute Gasteiger partial charge is 0.264 e. The molecule has 2 aromatic rings. The van der Waals surface area contributed by atoms with Crippen molar-refractivity contribution in [3.63, 3.8) is 0 Å². The van der Waals surface area contributed by atoms with Crippen molar-refractivity contribution in [1.82, 2.24) is 15.0 Å². The zero-order chi connectivity index (χ0) is 11.7. The number of aromatic amines is 1. The minimum Gasteiger partial charge on any atom is -0.304 e. The van der Waals surface area contributed by atoms with Crippen LogP contribution in [0.1, 0.15) is 11.1 Å². The highest BCUT2D eigenvalue weighted by Gasteiger charge is 2.07. The second-order valence-electron chi connectivity index (χ2n) is 3.59. The molecule has 1 N–H and O–H groups in total. The van der Waals surface area contributed by atoms with E-state index in [9.17, 15) is 4.79 Å². The zero-order valence-corrected chi connectivity index (χ0v) is 11.1. The van der Waals surface area contributed by atoms with E-state index in [0.29, 0.717) is 9.39 Å². The summed E-state index contributed by atoms with van der Waals surface area (Å²) >= 11 is 1.95. The number of aryl methyl sites for hydroxylation is 2. The molecule has 0 unspecified atom stereocenters. The van der Waals surface area contributed by atoms with E-state index in [1.54, 1.807) is 12.4 Å². The molecule has 0 atom stereocenters. The minimum atomic E-state index is -0.132. The molecule has 0 fully saturated rings. The molecule has 0 spiro atoms. The molecule has 82 valence electrons. The SMILES string of the molecule is Cc1cnc(-c2ncc(I)c(=O)[nH]2)c(C)c1. The summed E-state index contributed by atoms with van der Waals surface area (Å²) in [5, 5.41) is 0. The van der Waals surface area contributed by atoms with Gasteiger partial charge < -0.3 is 4.98 Å². The average molecular weight is 327 g/mol. The Kier molecular flexibility index (Phi) is 3.04. The van der Waals surface area contributed by atoms with Gasteiger partial charge in [0.05, 0.1) is 3.57 Å². The molecule has 4 nitrogen and oxygen atoms in total. The third-order valence-electron chi connectivity index (χ3n) is 2.20. The molecule has 0 aromatic carbocycles. The van der Waals surface area contributed by atoms with Crippen molar-refractivity contribution in [2.24, 2.45) is 0 Å². The summed E-state index contributed by atoms with van der Waals surface area (Å²) in [5.41, 5.74) is 2.69. The minimum absolute atomic E-state index is 0.132. The van der Waals surface area contributed by atoms with Gasteiger partial charge >= 0.3 is 0 Å². The summed E-state index contributed by atoms with van der Waals surface area (Å²) in [6.45, 7) is 3.93. The van der Waals surface area contributed by atoms with Gasteiger partial charge in [0.1, 0.15) is 5.69 Å². The molecule has 2 heterocycles. The normalized spacial score (nSPS) is 10.4. The van der Waals surface area contributed by atoms with Crippen LogP contribution in [-0.2, 0) is 0 Å². The second-order valence-corrected chi connectivity index (χ2v) is 4.75. The van der Waals surface area contributed by atoms with Crippen molar-refractivity contribution in [1.29, 1.82) is 0 Å². The lowest BCUT2D eigenvalue weighted by Gasteiger charge is -2.04. The standard InChI is InChI=1S/C11H10IN3O/c1-6-3-7(2)9(13-4-6)10-14-5-8(12)11(16)15-10/h3-5H,1-2H3,(H,14,15,16). The third kappa shape index (κ3) is 2.13. The summed E-state index contributed by atoms with van der Waals surface area (Å²) in [5.74, 6) is 0.517. The predicted molar refractivity (Wildman–Crippen MR) is 70.3 cm³/mol. The highest BCUT2D eigenvalue weighted by atomic mass is 127. The molecule has 0 saturated heterocycles. The van der Waals surface area contributed by atoms with Crippen molar-refractivity contribution < 1.29 is 0 Å². The molecule has 0 aliphatic rings. The number of nitrogens with one attached hydrogen (secondary N) is 1. The Morgan fingerprint density at radius 1 is 1.25 bits per heavy atom. The van der Waals surface area contributed by atoms with Crippen LogP contribution in [-0.4, -0.2) is 15.0 Å². The molecule has 16 heavy (non-hydrogen) atoms. The summed E-state index contributed by atoms with van der Waals surface area (Å²) in [7, 11) is 0. The fraction of sp³-hybridized carbons (Fsp3) is 0.182. The van der Waals surface area contributed by atoms with Gasteiger partial charge in [0.15, 0.2) is 5.82 Å². The first-order chi connectivity index (χ1) is 7.58. The summed E-state index contributed by atoms with van der Waals surface area (Å²) in [4.78, 5) is 22.6. The van der Waals surface area contributed by atoms with Crippen LogP contribution in [0.3, 0.4) is 0 Å². The number of pyridine rings is 1. The van der Waals surface area contributed by atoms with E-state index >= 15 is 0 Å². The van der Waals surface area contributed by atoms with E-state index in [4.69, 9.17) is 0 Å². The van der Waals surface area contributed by atoms with Crippen molar-refractivity contribution >= 4 is 22.6 Å². The van der Waals surface area contributed by atoms with Gasteiger partial charge in [-0.05, 0) is 47.6 Å². The summed E-state index contributed by atoms with van der Waals surface area (Å²) in [6.07, 6.45) is 3.32. The van der Waals surface area contributed by atoms with E-state index in [1.165, 1.54) is 0 Å². The molecule has 0 amide bonds. The van der Waals surface area contributed by atoms with Gasteiger partial charge in [-0.3, -0.25) is 9.78 Å². The first-order valence-corrected chi connectivity index (χ1v) is 5.84. The molecule has 2 rings (SSSR count). The second kappa shape index (κ2) is 4.32. The van der Waals surface area contributed by atoms with Gasteiger partial charge in [0.2, 0.25) is 0 Å². The van der Waals surface area contributed by atoms with Crippen molar-refractivity contribution in [3.05, 3.63) is 43.5 Å². The fourth-order valence-electron chi connectivity index (χ4n) is 1.46. The van der Waals surface area contributed by atoms with Gasteiger partial charge in [-0.1, -0.05) is 6.07 Å². The number of hydrogen-bond acceptors (Lipinski definition) is 3. The molecule has 0 aliphatic heterocycles. The van der Waals surface area contributed by atoms with Gasteiger partial charge in [-0.15, -0.1) is 0 Å². The van der Waals surface area contributed by atoms with Crippen LogP contribution in [0.2, 0.25) is 0 Å². The maximum Gasteiger partial charge on any atom is 0.264 e. The number of halogens is 1. The molecular weight excluding hydrogens is 317 g/mol. The maximum atomic E-state index is 11.5. The Hall–Kier alpha value is -1.24. The molecule has 0 bridgehead atoms. The number of nitrogens with zero attached hydrogens (tertiary/aromatic N) is 2. The summed E-state index contributed by atoms with van der Waals surface area (Å²) < 4.78 is 0.575. The van der Waals surface area contributed by atoms with Crippen LogP contribution in [0, 0.1) is 17.4 Å². The van der Waals surface area contributed by atoms with Gasteiger partial charge in [-0.2, -0.15) is 0 Å². The fourth-order valence-corrected chi connectivity index (χ4v) is 1.74. The Labute approximate surface area is 106 Å². The first-order valence-electron chi connectivity index (χ1n) is 4.76. The van der Waals surface area contributed by atoms with Crippen LogP contribution in [0.4, 0.5) is 0 Å². The van der Waals surface area contributed by atoms with Crippen molar-refractivity contribution in [3.8, 4) is 11.5 Å². The largest absolute Gasteiger partial charge is 0.304 e. The van der Waals surface area contributed by atoms with E-state index in [2.05, 4.69) is 15.0 Å². The number of H-pyrrole nitrogens is 1. The Bertz CT molecular complexity index is 592. The van der Waals surface area contributed by atoms with E-state index < -0.39 is 0 Å². The molecule has 0 radical (unpaired) electrons. The van der Waals surface area contributed by atoms with Gasteiger partial charge in [0, 0.05) is 12.4 Å². The zero-order valence-electron chi connectivity index (χ0n) is 8.91. The topological polar surface area (TPSA) is 58.6 Å². The van der Waals surface area contributed by atoms with E-state index in [-0.39, 0.29) is 5.56 Å². The first kappa shape index (κ1) is 11.3. The average Bonchev–Trinajstić information content (AvgIpc) is 2.22. The van der Waals surface area contributed by atoms with Crippen LogP contribution in [0.15, 0.2) is 23.3 Å². The predicted octanol–water partition coefficient (Wildman–Crippen LogP) is 2.05. The lowest BCUT2D eigenvalue weighted by atomic mass is 10.1. The van der Waals surface area contributed by atoms with E-state index in [0.717, 1.165) is 16.8 Å². The number of aromatic nitrogens is 3. The molecular formula is C11H10IN3O. The van der Waals surface area contributed by atoms with Crippen molar-refractivity contribution in [2.45, 2.75) is 13.8 Å². The number of rotatable bonds is 1. The molecule has 5 heteroatoms. The Balaban J connectivity index is 2.59.